The van der Waals surface area contributed by atoms with Crippen molar-refractivity contribution in [3.63, 3.8) is 0 Å². The molecule has 3 aromatic rings. The van der Waals surface area contributed by atoms with Gasteiger partial charge in [0.2, 0.25) is 5.88 Å². The number of aromatic nitrogens is 1. The van der Waals surface area contributed by atoms with Crippen molar-refractivity contribution in [2.75, 3.05) is 6.61 Å². The van der Waals surface area contributed by atoms with Crippen molar-refractivity contribution in [1.29, 1.82) is 0 Å². The number of pyridine rings is 1. The van der Waals surface area contributed by atoms with Gasteiger partial charge >= 0.3 is 5.97 Å². The van der Waals surface area contributed by atoms with Gasteiger partial charge in [-0.05, 0) is 30.0 Å². The molecule has 0 fully saturated rings. The maximum atomic E-state index is 10.5. The first-order valence-electron chi connectivity index (χ1n) is 9.04. The first-order chi connectivity index (χ1) is 12.7. The molecule has 4 heteroatoms. The van der Waals surface area contributed by atoms with Gasteiger partial charge in [0.05, 0.1) is 12.1 Å². The fourth-order valence-electron chi connectivity index (χ4n) is 2.99. The summed E-state index contributed by atoms with van der Waals surface area (Å²) < 4.78 is 5.88. The number of nitrogens with zero attached hydrogens (tertiary/aromatic N) is 1. The average molecular weight is 349 g/mol. The molecule has 0 spiro atoms. The van der Waals surface area contributed by atoms with Crippen LogP contribution in [-0.4, -0.2) is 22.7 Å². The first-order valence-corrected chi connectivity index (χ1v) is 9.04. The monoisotopic (exact) mass is 349 g/mol. The van der Waals surface area contributed by atoms with Crippen LogP contribution in [0.2, 0.25) is 0 Å². The molecule has 134 valence electrons. The Kier molecular flexibility index (Phi) is 6.20. The lowest BCUT2D eigenvalue weighted by Crippen LogP contribution is -2.00. The third-order valence-corrected chi connectivity index (χ3v) is 4.31. The molecule has 0 aliphatic rings. The molecular formula is C22H23NO3. The third-order valence-electron chi connectivity index (χ3n) is 4.31. The molecule has 26 heavy (non-hydrogen) atoms. The van der Waals surface area contributed by atoms with E-state index < -0.39 is 5.97 Å². The summed E-state index contributed by atoms with van der Waals surface area (Å²) in [5.41, 5.74) is 3.18. The Morgan fingerprint density at radius 2 is 1.65 bits per heavy atom. The highest BCUT2D eigenvalue weighted by molar-refractivity contribution is 5.95. The molecule has 0 amide bonds. The van der Waals surface area contributed by atoms with E-state index in [0.29, 0.717) is 12.5 Å². The van der Waals surface area contributed by atoms with Gasteiger partial charge in [-0.25, -0.2) is 4.98 Å². The number of benzene rings is 2. The fraction of sp³-hybridized carbons (Fsp3) is 0.273. The Balaban J connectivity index is 1.67. The lowest BCUT2D eigenvalue weighted by Gasteiger charge is -2.11. The number of hydrogen-bond donors (Lipinski definition) is 1. The van der Waals surface area contributed by atoms with Crippen LogP contribution in [0.1, 0.15) is 32.1 Å². The van der Waals surface area contributed by atoms with Crippen molar-refractivity contribution in [1.82, 2.24) is 4.98 Å². The number of unbranched alkanes of at least 4 members (excludes halogenated alkanes) is 3. The van der Waals surface area contributed by atoms with E-state index in [1.807, 2.05) is 42.5 Å². The summed E-state index contributed by atoms with van der Waals surface area (Å²) in [5.74, 6) is -0.0943. The van der Waals surface area contributed by atoms with Crippen LogP contribution in [0.15, 0.2) is 60.7 Å². The quantitative estimate of drug-likeness (QED) is 0.531. The van der Waals surface area contributed by atoms with Crippen LogP contribution >= 0.6 is 0 Å². The number of carbonyl (C=O) groups is 1. The van der Waals surface area contributed by atoms with Crippen molar-refractivity contribution >= 4 is 16.9 Å². The number of carboxylic acids is 1. The molecule has 0 saturated heterocycles. The molecule has 0 aliphatic heterocycles. The fourth-order valence-corrected chi connectivity index (χ4v) is 2.99. The minimum absolute atomic E-state index is 0.244. The molecule has 0 atom stereocenters. The zero-order valence-electron chi connectivity index (χ0n) is 14.7. The first kappa shape index (κ1) is 17.9. The molecule has 1 heterocycles. The number of carboxylic acid groups (broad SMARTS) is 1. The predicted octanol–water partition coefficient (Wildman–Crippen LogP) is 5.32. The topological polar surface area (TPSA) is 59.4 Å². The summed E-state index contributed by atoms with van der Waals surface area (Å²) >= 11 is 0. The van der Waals surface area contributed by atoms with Crippen LogP contribution in [0.25, 0.3) is 22.0 Å². The number of hydrogen-bond acceptors (Lipinski definition) is 3. The number of aliphatic carboxylic acids is 1. The summed E-state index contributed by atoms with van der Waals surface area (Å²) in [6.07, 6.45) is 3.74. The van der Waals surface area contributed by atoms with E-state index in [0.717, 1.165) is 47.7 Å². The van der Waals surface area contributed by atoms with Gasteiger partial charge in [-0.2, -0.15) is 0 Å². The molecule has 0 unspecified atom stereocenters. The minimum atomic E-state index is -0.727. The number of rotatable bonds is 9. The van der Waals surface area contributed by atoms with Gasteiger partial charge < -0.3 is 9.84 Å². The van der Waals surface area contributed by atoms with Crippen molar-refractivity contribution < 1.29 is 14.6 Å². The zero-order chi connectivity index (χ0) is 18.2. The summed E-state index contributed by atoms with van der Waals surface area (Å²) in [4.78, 5) is 15.1. The standard InChI is InChI=1S/C22H23NO3/c24-22(25)14-6-1-2-9-15-26-21-16-19(17-10-4-3-5-11-17)18-12-7-8-13-20(18)23-21/h3-5,7-8,10-13,16H,1-2,6,9,14-15H2,(H,24,25). The maximum absolute atomic E-state index is 10.5. The van der Waals surface area contributed by atoms with E-state index in [9.17, 15) is 4.79 Å². The molecule has 3 rings (SSSR count). The smallest absolute Gasteiger partial charge is 0.303 e. The lowest BCUT2D eigenvalue weighted by atomic mass is 10.0. The second-order valence-corrected chi connectivity index (χ2v) is 6.30. The molecule has 1 aromatic heterocycles. The van der Waals surface area contributed by atoms with Crippen LogP contribution < -0.4 is 4.74 Å². The van der Waals surface area contributed by atoms with E-state index in [-0.39, 0.29) is 6.42 Å². The van der Waals surface area contributed by atoms with Crippen LogP contribution in [0.5, 0.6) is 5.88 Å². The Bertz CT molecular complexity index is 862. The second kappa shape index (κ2) is 8.99. The van der Waals surface area contributed by atoms with Crippen molar-refractivity contribution in [3.8, 4) is 17.0 Å². The summed E-state index contributed by atoms with van der Waals surface area (Å²) in [7, 11) is 0. The van der Waals surface area contributed by atoms with E-state index >= 15 is 0 Å². The number of fused-ring (bicyclic) bond motifs is 1. The molecule has 4 nitrogen and oxygen atoms in total. The van der Waals surface area contributed by atoms with Crippen LogP contribution in [0.3, 0.4) is 0 Å². The molecule has 0 saturated carbocycles. The van der Waals surface area contributed by atoms with Gasteiger partial charge in [-0.1, -0.05) is 61.4 Å². The van der Waals surface area contributed by atoms with Crippen molar-refractivity contribution in [3.05, 3.63) is 60.7 Å². The van der Waals surface area contributed by atoms with E-state index in [1.54, 1.807) is 0 Å². The van der Waals surface area contributed by atoms with Crippen LogP contribution in [0, 0.1) is 0 Å². The molecule has 2 aromatic carbocycles. The zero-order valence-corrected chi connectivity index (χ0v) is 14.7. The van der Waals surface area contributed by atoms with Gasteiger partial charge in [0.15, 0.2) is 0 Å². The highest BCUT2D eigenvalue weighted by atomic mass is 16.5. The lowest BCUT2D eigenvalue weighted by molar-refractivity contribution is -0.137. The van der Waals surface area contributed by atoms with E-state index in [1.165, 1.54) is 0 Å². The SMILES string of the molecule is O=C(O)CCCCCCOc1cc(-c2ccccc2)c2ccccc2n1. The average Bonchev–Trinajstić information content (AvgIpc) is 2.67. The van der Waals surface area contributed by atoms with Crippen LogP contribution in [0.4, 0.5) is 0 Å². The number of para-hydroxylation sites is 1. The highest BCUT2D eigenvalue weighted by Gasteiger charge is 2.08. The molecular weight excluding hydrogens is 326 g/mol. The Hall–Kier alpha value is -2.88. The Labute approximate surface area is 153 Å². The predicted molar refractivity (Wildman–Crippen MR) is 103 cm³/mol. The van der Waals surface area contributed by atoms with Gasteiger partial charge in [-0.3, -0.25) is 4.79 Å². The second-order valence-electron chi connectivity index (χ2n) is 6.30. The summed E-state index contributed by atoms with van der Waals surface area (Å²) in [6.45, 7) is 0.590. The summed E-state index contributed by atoms with van der Waals surface area (Å²) in [6, 6.07) is 20.3. The molecule has 0 aliphatic carbocycles. The third kappa shape index (κ3) is 4.82. The molecule has 0 bridgehead atoms. The minimum Gasteiger partial charge on any atom is -0.481 e. The van der Waals surface area contributed by atoms with E-state index in [2.05, 4.69) is 23.2 Å². The molecule has 0 radical (unpaired) electrons. The van der Waals surface area contributed by atoms with Gasteiger partial charge in [-0.15, -0.1) is 0 Å². The maximum Gasteiger partial charge on any atom is 0.303 e. The highest BCUT2D eigenvalue weighted by Crippen LogP contribution is 2.30. The summed E-state index contributed by atoms with van der Waals surface area (Å²) in [5, 5.41) is 9.75. The van der Waals surface area contributed by atoms with Crippen molar-refractivity contribution in [2.45, 2.75) is 32.1 Å². The van der Waals surface area contributed by atoms with Gasteiger partial charge in [0.25, 0.3) is 0 Å². The largest absolute Gasteiger partial charge is 0.481 e. The van der Waals surface area contributed by atoms with E-state index in [4.69, 9.17) is 9.84 Å². The normalized spacial score (nSPS) is 10.8. The van der Waals surface area contributed by atoms with Gasteiger partial charge in [0.1, 0.15) is 0 Å². The Morgan fingerprint density at radius 1 is 0.923 bits per heavy atom. The van der Waals surface area contributed by atoms with Crippen LogP contribution in [-0.2, 0) is 4.79 Å². The van der Waals surface area contributed by atoms with Crippen molar-refractivity contribution in [2.24, 2.45) is 0 Å². The number of ether oxygens (including phenoxy) is 1. The van der Waals surface area contributed by atoms with Gasteiger partial charge in [0, 0.05) is 17.9 Å². The Morgan fingerprint density at radius 3 is 2.46 bits per heavy atom. The molecule has 1 N–H and O–H groups in total.